The van der Waals surface area contributed by atoms with Gasteiger partial charge in [0.05, 0.1) is 6.61 Å². The molecule has 12 nitrogen and oxygen atoms in total. The SMILES string of the molecule is CC/C=C\C/C=C\C/C=C\CCCCCCCC(=O)OC(COC(=O)CCCCCCCCCCC/C=C\C/C=C\CCCCC)COC1OC(C(=O)O)C(O)C(O)C1OC(=O)CCCCCCCCCCCCCCCCCCCCC. The Hall–Kier alpha value is -3.58. The van der Waals surface area contributed by atoms with E-state index >= 15 is 0 Å². The summed E-state index contributed by atoms with van der Waals surface area (Å²) >= 11 is 0. The predicted molar refractivity (Wildman–Crippen MR) is 340 cm³/mol. The number of carboxylic acid groups (broad SMARTS) is 1. The molecule has 1 heterocycles. The molecule has 3 N–H and O–H groups in total. The standard InChI is InChI=1S/C71H124O12/c1-4-7-10-13-16-19-22-25-28-30-32-34-37-39-42-45-48-51-54-57-63(72)79-60-62(81-64(73)58-55-52-49-46-43-40-36-27-24-21-18-15-12-9-6-3)61-80-71-69(67(76)66(75)68(83-71)70(77)78)82-65(74)59-56-53-50-47-44-41-38-35-33-31-29-26-23-20-17-14-11-8-5-2/h9,12,16,18-19,21,25,27-28,36,62,66-69,71,75-76H,4-8,10-11,13-15,17,20,22-24,26,29-35,37-61H2,1-3H3,(H,77,78)/b12-9-,19-16-,21-18-,28-25-,36-27-. The molecule has 0 spiro atoms. The summed E-state index contributed by atoms with van der Waals surface area (Å²) in [5.41, 5.74) is 0. The van der Waals surface area contributed by atoms with Gasteiger partial charge < -0.3 is 39.0 Å². The van der Waals surface area contributed by atoms with Crippen molar-refractivity contribution >= 4 is 23.9 Å². The van der Waals surface area contributed by atoms with E-state index in [1.54, 1.807) is 0 Å². The number of aliphatic hydroxyl groups is 2. The molecule has 83 heavy (non-hydrogen) atoms. The lowest BCUT2D eigenvalue weighted by atomic mass is 9.98. The van der Waals surface area contributed by atoms with Gasteiger partial charge in [0.1, 0.15) is 18.8 Å². The van der Waals surface area contributed by atoms with Crippen LogP contribution in [-0.2, 0) is 42.9 Å². The first-order valence-corrected chi connectivity index (χ1v) is 34.3. The first-order chi connectivity index (χ1) is 40.6. The summed E-state index contributed by atoms with van der Waals surface area (Å²) in [5, 5.41) is 31.6. The molecule has 1 aliphatic rings. The Morgan fingerprint density at radius 3 is 1.18 bits per heavy atom. The highest BCUT2D eigenvalue weighted by molar-refractivity contribution is 5.74. The normalized spacial score (nSPS) is 17.9. The molecule has 1 fully saturated rings. The van der Waals surface area contributed by atoms with Crippen LogP contribution in [0.4, 0.5) is 0 Å². The van der Waals surface area contributed by atoms with Crippen molar-refractivity contribution in [3.05, 3.63) is 60.8 Å². The number of carboxylic acids is 1. The number of aliphatic carboxylic acids is 1. The zero-order chi connectivity index (χ0) is 60.3. The van der Waals surface area contributed by atoms with Gasteiger partial charge in [0.15, 0.2) is 24.6 Å². The van der Waals surface area contributed by atoms with E-state index in [4.69, 9.17) is 23.7 Å². The Morgan fingerprint density at radius 2 is 0.759 bits per heavy atom. The Balaban J connectivity index is 2.63. The second-order valence-electron chi connectivity index (χ2n) is 23.4. The number of hydrogen-bond donors (Lipinski definition) is 3. The fourth-order valence-corrected chi connectivity index (χ4v) is 10.4. The highest BCUT2D eigenvalue weighted by Crippen LogP contribution is 2.27. The van der Waals surface area contributed by atoms with Gasteiger partial charge in [-0.3, -0.25) is 14.4 Å². The van der Waals surface area contributed by atoms with Crippen molar-refractivity contribution in [1.82, 2.24) is 0 Å². The van der Waals surface area contributed by atoms with Crippen LogP contribution in [0.25, 0.3) is 0 Å². The number of aliphatic hydroxyl groups excluding tert-OH is 2. The number of allylic oxidation sites excluding steroid dienone is 10. The number of esters is 3. The molecule has 0 amide bonds. The van der Waals surface area contributed by atoms with Crippen LogP contribution in [0.2, 0.25) is 0 Å². The van der Waals surface area contributed by atoms with E-state index in [9.17, 15) is 34.5 Å². The van der Waals surface area contributed by atoms with Crippen LogP contribution in [0, 0.1) is 0 Å². The molecule has 0 aromatic rings. The van der Waals surface area contributed by atoms with E-state index in [0.717, 1.165) is 109 Å². The average molecular weight is 1170 g/mol. The summed E-state index contributed by atoms with van der Waals surface area (Å²) in [7, 11) is 0. The Bertz CT molecular complexity index is 1670. The lowest BCUT2D eigenvalue weighted by molar-refractivity contribution is -0.301. The van der Waals surface area contributed by atoms with Crippen LogP contribution >= 0.6 is 0 Å². The molecule has 0 aromatic carbocycles. The number of ether oxygens (including phenoxy) is 5. The van der Waals surface area contributed by atoms with Crippen LogP contribution in [-0.4, -0.2) is 89.2 Å². The van der Waals surface area contributed by atoms with E-state index in [0.29, 0.717) is 19.3 Å². The van der Waals surface area contributed by atoms with Gasteiger partial charge in [0.2, 0.25) is 0 Å². The van der Waals surface area contributed by atoms with Crippen molar-refractivity contribution in [1.29, 1.82) is 0 Å². The number of carbonyl (C=O) groups is 4. The largest absolute Gasteiger partial charge is 0.479 e. The van der Waals surface area contributed by atoms with Gasteiger partial charge in [-0.05, 0) is 83.5 Å². The van der Waals surface area contributed by atoms with Crippen LogP contribution in [0.5, 0.6) is 0 Å². The van der Waals surface area contributed by atoms with Crippen molar-refractivity contribution in [3.63, 3.8) is 0 Å². The molecular formula is C71H124O12. The summed E-state index contributed by atoms with van der Waals surface area (Å²) in [5.74, 6) is -3.12. The summed E-state index contributed by atoms with van der Waals surface area (Å²) in [6.07, 6.45) is 61.7. The maximum Gasteiger partial charge on any atom is 0.335 e. The molecule has 0 radical (unpaired) electrons. The lowest BCUT2D eigenvalue weighted by Gasteiger charge is -2.40. The molecule has 0 bridgehead atoms. The Kier molecular flexibility index (Phi) is 54.8. The second kappa shape index (κ2) is 58.8. The summed E-state index contributed by atoms with van der Waals surface area (Å²) in [4.78, 5) is 51.4. The van der Waals surface area contributed by atoms with Gasteiger partial charge >= 0.3 is 23.9 Å². The molecule has 0 aliphatic carbocycles. The fraction of sp³-hybridized carbons (Fsp3) is 0.803. The molecule has 480 valence electrons. The number of hydrogen-bond acceptors (Lipinski definition) is 11. The van der Waals surface area contributed by atoms with Crippen molar-refractivity contribution in [2.24, 2.45) is 0 Å². The molecule has 12 heteroatoms. The van der Waals surface area contributed by atoms with Crippen LogP contribution in [0.1, 0.15) is 316 Å². The van der Waals surface area contributed by atoms with Gasteiger partial charge in [-0.2, -0.15) is 0 Å². The fourth-order valence-electron chi connectivity index (χ4n) is 10.4. The highest BCUT2D eigenvalue weighted by Gasteiger charge is 2.50. The lowest BCUT2D eigenvalue weighted by Crippen LogP contribution is -2.61. The first kappa shape index (κ1) is 77.4. The van der Waals surface area contributed by atoms with E-state index in [-0.39, 0.29) is 25.9 Å². The van der Waals surface area contributed by atoms with Gasteiger partial charge in [0, 0.05) is 19.3 Å². The van der Waals surface area contributed by atoms with Crippen molar-refractivity contribution < 1.29 is 58.2 Å². The molecule has 1 rings (SSSR count). The maximum atomic E-state index is 13.2. The molecule has 6 unspecified atom stereocenters. The van der Waals surface area contributed by atoms with Crippen LogP contribution in [0.15, 0.2) is 60.8 Å². The minimum Gasteiger partial charge on any atom is -0.479 e. The Morgan fingerprint density at radius 1 is 0.410 bits per heavy atom. The van der Waals surface area contributed by atoms with E-state index in [1.807, 2.05) is 0 Å². The minimum atomic E-state index is -1.91. The van der Waals surface area contributed by atoms with Crippen molar-refractivity contribution in [2.75, 3.05) is 13.2 Å². The van der Waals surface area contributed by atoms with Gasteiger partial charge in [-0.25, -0.2) is 4.79 Å². The van der Waals surface area contributed by atoms with E-state index in [1.165, 1.54) is 148 Å². The molecule has 0 saturated carbocycles. The quantitative estimate of drug-likeness (QED) is 0.0228. The number of rotatable bonds is 59. The molecule has 1 aliphatic heterocycles. The highest BCUT2D eigenvalue weighted by atomic mass is 16.7. The summed E-state index contributed by atoms with van der Waals surface area (Å²) in [6, 6.07) is 0. The first-order valence-electron chi connectivity index (χ1n) is 34.3. The van der Waals surface area contributed by atoms with Crippen LogP contribution < -0.4 is 0 Å². The van der Waals surface area contributed by atoms with Crippen LogP contribution in [0.3, 0.4) is 0 Å². The summed E-state index contributed by atoms with van der Waals surface area (Å²) in [6.45, 7) is 5.89. The second-order valence-corrected chi connectivity index (χ2v) is 23.4. The third-order valence-electron chi connectivity index (χ3n) is 15.6. The van der Waals surface area contributed by atoms with Gasteiger partial charge in [0.25, 0.3) is 0 Å². The average Bonchev–Trinajstić information content (AvgIpc) is 3.60. The van der Waals surface area contributed by atoms with E-state index < -0.39 is 67.3 Å². The molecular weight excluding hydrogens is 1040 g/mol. The van der Waals surface area contributed by atoms with E-state index in [2.05, 4.69) is 81.5 Å². The van der Waals surface area contributed by atoms with Gasteiger partial charge in [-0.1, -0.05) is 274 Å². The third-order valence-corrected chi connectivity index (χ3v) is 15.6. The maximum absolute atomic E-state index is 13.2. The monoisotopic (exact) mass is 1170 g/mol. The minimum absolute atomic E-state index is 0.0617. The number of carbonyl (C=O) groups excluding carboxylic acids is 3. The van der Waals surface area contributed by atoms with Crippen molar-refractivity contribution in [2.45, 2.75) is 353 Å². The van der Waals surface area contributed by atoms with Crippen molar-refractivity contribution in [3.8, 4) is 0 Å². The van der Waals surface area contributed by atoms with Gasteiger partial charge in [-0.15, -0.1) is 0 Å². The predicted octanol–water partition coefficient (Wildman–Crippen LogP) is 18.7. The topological polar surface area (TPSA) is 175 Å². The molecule has 0 aromatic heterocycles. The zero-order valence-electron chi connectivity index (χ0n) is 53.2. The third kappa shape index (κ3) is 48.3. The Labute approximate surface area is 506 Å². The molecule has 1 saturated heterocycles. The zero-order valence-corrected chi connectivity index (χ0v) is 53.2. The summed E-state index contributed by atoms with van der Waals surface area (Å²) < 4.78 is 28.6. The molecule has 6 atom stereocenters. The number of unbranched alkanes of at least 4 members (excludes halogenated alkanes) is 35. The smallest absolute Gasteiger partial charge is 0.335 e.